The smallest absolute Gasteiger partial charge is 0.326 e. The Kier molecular flexibility index (Phi) is 8.15. The maximum atomic E-state index is 12.8. The number of likely N-dealkylation sites (tertiary alicyclic amines) is 1. The van der Waals surface area contributed by atoms with Crippen LogP contribution in [-0.2, 0) is 27.2 Å². The topological polar surface area (TPSA) is 120 Å². The average Bonchev–Trinajstić information content (AvgIpc) is 3.39. The summed E-state index contributed by atoms with van der Waals surface area (Å²) in [5, 5.41) is 15.8. The molecule has 3 aliphatic rings. The van der Waals surface area contributed by atoms with Crippen LogP contribution in [0, 0.1) is 5.92 Å². The highest BCUT2D eigenvalue weighted by atomic mass is 16.5. The lowest BCUT2D eigenvalue weighted by Gasteiger charge is -2.39. The normalized spacial score (nSPS) is 20.5. The van der Waals surface area contributed by atoms with E-state index >= 15 is 0 Å². The van der Waals surface area contributed by atoms with Gasteiger partial charge in [-0.05, 0) is 49.4 Å². The van der Waals surface area contributed by atoms with Gasteiger partial charge < -0.3 is 25.4 Å². The number of aromatic nitrogens is 2. The predicted molar refractivity (Wildman–Crippen MR) is 140 cm³/mol. The Bertz CT molecular complexity index is 1080. The zero-order valence-electron chi connectivity index (χ0n) is 21.1. The van der Waals surface area contributed by atoms with Gasteiger partial charge in [0.25, 0.3) is 0 Å². The number of carbonyl (C=O) groups is 2. The van der Waals surface area contributed by atoms with Gasteiger partial charge in [0.15, 0.2) is 0 Å². The molecule has 0 radical (unpaired) electrons. The van der Waals surface area contributed by atoms with Gasteiger partial charge in [-0.15, -0.1) is 0 Å². The number of fused-ring (bicyclic) bond motifs is 1. The van der Waals surface area contributed by atoms with Crippen molar-refractivity contribution in [3.05, 3.63) is 47.8 Å². The molecule has 5 rings (SSSR count). The van der Waals surface area contributed by atoms with Crippen LogP contribution < -0.4 is 15.5 Å². The van der Waals surface area contributed by atoms with Crippen LogP contribution in [0.15, 0.2) is 36.5 Å². The minimum atomic E-state index is -0.992. The number of ether oxygens (including phenoxy) is 1. The van der Waals surface area contributed by atoms with Gasteiger partial charge in [0, 0.05) is 57.6 Å². The van der Waals surface area contributed by atoms with Crippen molar-refractivity contribution in [2.45, 2.75) is 44.2 Å². The number of carbonyl (C=O) groups excluding carboxylic acids is 1. The lowest BCUT2D eigenvalue weighted by atomic mass is 10.1. The van der Waals surface area contributed by atoms with Gasteiger partial charge >= 0.3 is 5.97 Å². The second-order valence-corrected chi connectivity index (χ2v) is 10.2. The van der Waals surface area contributed by atoms with E-state index in [9.17, 15) is 14.7 Å². The molecule has 0 bridgehead atoms. The Hall–Kier alpha value is -3.24. The minimum Gasteiger partial charge on any atom is -0.480 e. The molecule has 5 heterocycles. The van der Waals surface area contributed by atoms with E-state index < -0.39 is 12.0 Å². The summed E-state index contributed by atoms with van der Waals surface area (Å²) in [6.07, 6.45) is 5.97. The highest BCUT2D eigenvalue weighted by Crippen LogP contribution is 2.23. The molecule has 3 aliphatic heterocycles. The molecule has 1 amide bonds. The van der Waals surface area contributed by atoms with E-state index in [0.717, 1.165) is 62.8 Å². The number of nitrogens with one attached hydrogen (secondary N) is 2. The van der Waals surface area contributed by atoms with Crippen molar-refractivity contribution in [1.29, 1.82) is 0 Å². The van der Waals surface area contributed by atoms with Crippen LogP contribution in [0.5, 0.6) is 0 Å². The summed E-state index contributed by atoms with van der Waals surface area (Å²) in [7, 11) is 0. The Morgan fingerprint density at radius 2 is 2.11 bits per heavy atom. The van der Waals surface area contributed by atoms with Crippen LogP contribution in [0.1, 0.15) is 30.5 Å². The molecule has 2 aromatic heterocycles. The number of hydrogen-bond donors (Lipinski definition) is 3. The third-order valence-corrected chi connectivity index (χ3v) is 7.47. The quantitative estimate of drug-likeness (QED) is 0.415. The fourth-order valence-electron chi connectivity index (χ4n) is 5.23. The predicted octanol–water partition coefficient (Wildman–Crippen LogP) is 1.56. The first-order valence-electron chi connectivity index (χ1n) is 13.3. The highest BCUT2D eigenvalue weighted by Gasteiger charge is 2.33. The van der Waals surface area contributed by atoms with Gasteiger partial charge in [0.05, 0.1) is 18.6 Å². The second-order valence-electron chi connectivity index (χ2n) is 10.2. The van der Waals surface area contributed by atoms with Crippen LogP contribution in [0.2, 0.25) is 0 Å². The Balaban J connectivity index is 0.989. The molecule has 2 saturated heterocycles. The highest BCUT2D eigenvalue weighted by molar-refractivity contribution is 5.85. The maximum Gasteiger partial charge on any atom is 0.326 e. The van der Waals surface area contributed by atoms with E-state index in [1.54, 1.807) is 6.20 Å². The number of rotatable bonds is 11. The number of carboxylic acids is 1. The number of amides is 1. The SMILES string of the molecule is O=C(O)C(CCN1CC(OCCc2ccc3c(n2)NCCC3)C1)NC(=O)[C@H]1CCN(c2ccccn2)C1. The van der Waals surface area contributed by atoms with Crippen LogP contribution in [0.25, 0.3) is 0 Å². The van der Waals surface area contributed by atoms with Gasteiger partial charge in [-0.3, -0.25) is 9.69 Å². The summed E-state index contributed by atoms with van der Waals surface area (Å²) in [6.45, 7) is 5.06. The molecule has 2 fully saturated rings. The van der Waals surface area contributed by atoms with Crippen molar-refractivity contribution in [1.82, 2.24) is 20.2 Å². The molecule has 2 atom stereocenters. The minimum absolute atomic E-state index is 0.157. The molecule has 10 heteroatoms. The summed E-state index contributed by atoms with van der Waals surface area (Å²) >= 11 is 0. The number of hydrogen-bond acceptors (Lipinski definition) is 8. The van der Waals surface area contributed by atoms with Crippen LogP contribution >= 0.6 is 0 Å². The molecule has 0 saturated carbocycles. The maximum absolute atomic E-state index is 12.8. The summed E-state index contributed by atoms with van der Waals surface area (Å²) in [4.78, 5) is 37.9. The molecule has 0 spiro atoms. The van der Waals surface area contributed by atoms with E-state index in [1.165, 1.54) is 5.56 Å². The fourth-order valence-corrected chi connectivity index (χ4v) is 5.23. The Morgan fingerprint density at radius 1 is 1.22 bits per heavy atom. The standard InChI is InChI=1S/C27H36N6O4/c34-26(20-8-14-33(16-20)24-5-1-2-11-28-24)31-23(27(35)36)9-13-32-17-22(18-32)37-15-10-21-7-6-19-4-3-12-29-25(19)30-21/h1-2,5-7,11,20,22-23H,3-4,8-10,12-18H2,(H,29,30)(H,31,34)(H,35,36)/t20-,23?/m0/s1. The van der Waals surface area contributed by atoms with Crippen molar-refractivity contribution in [2.75, 3.05) is 56.1 Å². The largest absolute Gasteiger partial charge is 0.480 e. The lowest BCUT2D eigenvalue weighted by Crippen LogP contribution is -2.54. The molecule has 0 aliphatic carbocycles. The molecule has 198 valence electrons. The third kappa shape index (κ3) is 6.56. The van der Waals surface area contributed by atoms with E-state index in [4.69, 9.17) is 9.72 Å². The van der Waals surface area contributed by atoms with Crippen LogP contribution in [0.4, 0.5) is 11.6 Å². The molecule has 3 N–H and O–H groups in total. The van der Waals surface area contributed by atoms with Crippen LogP contribution in [0.3, 0.4) is 0 Å². The summed E-state index contributed by atoms with van der Waals surface area (Å²) in [5.41, 5.74) is 2.32. The number of nitrogens with zero attached hydrogens (tertiary/aromatic N) is 4. The van der Waals surface area contributed by atoms with E-state index in [-0.39, 0.29) is 17.9 Å². The average molecular weight is 509 g/mol. The summed E-state index contributed by atoms with van der Waals surface area (Å²) in [5.74, 6) is 0.441. The number of aryl methyl sites for hydroxylation is 1. The lowest BCUT2D eigenvalue weighted by molar-refractivity contribution is -0.143. The van der Waals surface area contributed by atoms with E-state index in [1.807, 2.05) is 18.2 Å². The van der Waals surface area contributed by atoms with Crippen LogP contribution in [-0.4, -0.2) is 89.9 Å². The third-order valence-electron chi connectivity index (χ3n) is 7.47. The summed E-state index contributed by atoms with van der Waals surface area (Å²) in [6, 6.07) is 9.07. The molecular weight excluding hydrogens is 472 g/mol. The zero-order chi connectivity index (χ0) is 25.6. The fraction of sp³-hybridized carbons (Fsp3) is 0.556. The Morgan fingerprint density at radius 3 is 2.92 bits per heavy atom. The number of pyridine rings is 2. The first kappa shape index (κ1) is 25.4. The molecule has 0 aromatic carbocycles. The van der Waals surface area contributed by atoms with Gasteiger partial charge in [0.2, 0.25) is 5.91 Å². The van der Waals surface area contributed by atoms with Crippen molar-refractivity contribution in [3.8, 4) is 0 Å². The van der Waals surface area contributed by atoms with Crippen molar-refractivity contribution in [2.24, 2.45) is 5.92 Å². The Labute approximate surface area is 217 Å². The van der Waals surface area contributed by atoms with Crippen molar-refractivity contribution >= 4 is 23.5 Å². The monoisotopic (exact) mass is 508 g/mol. The molecular formula is C27H36N6O4. The summed E-state index contributed by atoms with van der Waals surface area (Å²) < 4.78 is 5.99. The van der Waals surface area contributed by atoms with Gasteiger partial charge in [-0.25, -0.2) is 14.8 Å². The molecule has 1 unspecified atom stereocenters. The number of anilines is 2. The second kappa shape index (κ2) is 11.9. The first-order valence-corrected chi connectivity index (χ1v) is 13.3. The molecule has 2 aromatic rings. The molecule has 10 nitrogen and oxygen atoms in total. The molecule has 37 heavy (non-hydrogen) atoms. The zero-order valence-corrected chi connectivity index (χ0v) is 21.1. The van der Waals surface area contributed by atoms with Crippen molar-refractivity contribution < 1.29 is 19.4 Å². The van der Waals surface area contributed by atoms with E-state index in [0.29, 0.717) is 32.5 Å². The van der Waals surface area contributed by atoms with Gasteiger partial charge in [-0.2, -0.15) is 0 Å². The van der Waals surface area contributed by atoms with Gasteiger partial charge in [0.1, 0.15) is 17.7 Å². The van der Waals surface area contributed by atoms with Crippen molar-refractivity contribution in [3.63, 3.8) is 0 Å². The van der Waals surface area contributed by atoms with Gasteiger partial charge in [-0.1, -0.05) is 12.1 Å². The first-order chi connectivity index (χ1) is 18.0. The number of carboxylic acid groups (broad SMARTS) is 1. The number of aliphatic carboxylic acids is 1. The van der Waals surface area contributed by atoms with E-state index in [2.05, 4.69) is 37.6 Å².